The number of likely N-dealkylation sites (N-methyl/N-ethyl adjacent to an activating group) is 2. The van der Waals surface area contributed by atoms with Gasteiger partial charge in [-0.3, -0.25) is 0 Å². The lowest BCUT2D eigenvalue weighted by Crippen LogP contribution is -3.11. The number of hydrogen-bond acceptors (Lipinski definition) is 4. The zero-order valence-corrected chi connectivity index (χ0v) is 32.6. The van der Waals surface area contributed by atoms with Gasteiger partial charge in [0.15, 0.2) is 0 Å². The standard InChI is InChI=1S/C37H78N2O4.2ClH/c1-7-13-15-16-17-18-20-25-31-41-34-37(35-42-32-27-38(9-3)10-4,36-43-33-28-39(11-5)12-6)26-22-19-21-24-30-40-29-23-14-8-2;;/h7-36H2,1-6H3;2*1H. The monoisotopic (exact) mass is 687 g/mol. The molecule has 0 aliphatic carbocycles. The van der Waals surface area contributed by atoms with Gasteiger partial charge >= 0.3 is 0 Å². The summed E-state index contributed by atoms with van der Waals surface area (Å²) in [6, 6.07) is 0. The van der Waals surface area contributed by atoms with E-state index in [1.165, 1.54) is 96.3 Å². The van der Waals surface area contributed by atoms with E-state index >= 15 is 0 Å². The van der Waals surface area contributed by atoms with Crippen molar-refractivity contribution in [2.24, 2.45) is 5.41 Å². The van der Waals surface area contributed by atoms with Gasteiger partial charge in [-0.05, 0) is 53.4 Å². The Morgan fingerprint density at radius 2 is 0.711 bits per heavy atom. The van der Waals surface area contributed by atoms with Crippen LogP contribution in [0.5, 0.6) is 0 Å². The second-order valence-corrected chi connectivity index (χ2v) is 13.0. The molecule has 0 aromatic rings. The number of ether oxygens (including phenoxy) is 4. The maximum atomic E-state index is 6.44. The molecule has 0 aliphatic rings. The van der Waals surface area contributed by atoms with Crippen LogP contribution in [0.15, 0.2) is 0 Å². The van der Waals surface area contributed by atoms with E-state index in [1.807, 2.05) is 0 Å². The van der Waals surface area contributed by atoms with E-state index in [1.54, 1.807) is 9.80 Å². The molecule has 0 saturated carbocycles. The minimum absolute atomic E-state index is 0. The van der Waals surface area contributed by atoms with Crippen LogP contribution in [0.3, 0.4) is 0 Å². The summed E-state index contributed by atoms with van der Waals surface area (Å²) in [7, 11) is 0. The number of halogens is 2. The van der Waals surface area contributed by atoms with Gasteiger partial charge in [0.25, 0.3) is 0 Å². The second kappa shape index (κ2) is 38.8. The van der Waals surface area contributed by atoms with Crippen LogP contribution < -0.4 is 34.6 Å². The number of quaternary nitrogens is 2. The molecule has 0 aromatic heterocycles. The van der Waals surface area contributed by atoms with E-state index in [0.29, 0.717) is 0 Å². The molecule has 0 aromatic carbocycles. The molecule has 0 heterocycles. The predicted molar refractivity (Wildman–Crippen MR) is 185 cm³/mol. The lowest BCUT2D eigenvalue weighted by molar-refractivity contribution is -0.896. The summed E-state index contributed by atoms with van der Waals surface area (Å²) >= 11 is 0. The van der Waals surface area contributed by atoms with Crippen molar-refractivity contribution in [2.75, 3.05) is 92.1 Å². The molecule has 6 nitrogen and oxygen atoms in total. The van der Waals surface area contributed by atoms with E-state index in [2.05, 4.69) is 41.5 Å². The first-order valence-corrected chi connectivity index (χ1v) is 19.1. The highest BCUT2D eigenvalue weighted by molar-refractivity contribution is 4.80. The lowest BCUT2D eigenvalue weighted by atomic mass is 9.84. The fraction of sp³-hybridized carbons (Fsp3) is 1.00. The van der Waals surface area contributed by atoms with Crippen molar-refractivity contribution in [3.05, 3.63) is 0 Å². The largest absolute Gasteiger partial charge is 1.00 e. The molecule has 0 aliphatic heterocycles. The van der Waals surface area contributed by atoms with Crippen molar-refractivity contribution in [1.82, 2.24) is 0 Å². The quantitative estimate of drug-likeness (QED) is 0.0924. The average Bonchev–Trinajstić information content (AvgIpc) is 3.03. The highest BCUT2D eigenvalue weighted by atomic mass is 35.5. The Morgan fingerprint density at radius 3 is 1.16 bits per heavy atom. The van der Waals surface area contributed by atoms with Crippen LogP contribution in [0.25, 0.3) is 0 Å². The van der Waals surface area contributed by atoms with Crippen molar-refractivity contribution in [2.45, 2.75) is 144 Å². The first kappa shape index (κ1) is 49.7. The first-order valence-electron chi connectivity index (χ1n) is 19.1. The van der Waals surface area contributed by atoms with Gasteiger partial charge in [0, 0.05) is 25.2 Å². The molecule has 0 bridgehead atoms. The number of rotatable bonds is 36. The summed E-state index contributed by atoms with van der Waals surface area (Å²) in [6.45, 7) is 26.9. The molecule has 0 radical (unpaired) electrons. The van der Waals surface area contributed by atoms with E-state index < -0.39 is 0 Å². The summed E-state index contributed by atoms with van der Waals surface area (Å²) in [5, 5.41) is 0. The molecule has 0 unspecified atom stereocenters. The van der Waals surface area contributed by atoms with Crippen LogP contribution in [0.2, 0.25) is 0 Å². The van der Waals surface area contributed by atoms with Crippen molar-refractivity contribution in [1.29, 1.82) is 0 Å². The Hall–Kier alpha value is 0.340. The number of nitrogens with one attached hydrogen (secondary N) is 2. The van der Waals surface area contributed by atoms with Crippen LogP contribution in [0, 0.1) is 5.41 Å². The smallest absolute Gasteiger partial charge is 0.101 e. The van der Waals surface area contributed by atoms with Crippen molar-refractivity contribution in [3.8, 4) is 0 Å². The van der Waals surface area contributed by atoms with Crippen LogP contribution in [0.4, 0.5) is 0 Å². The third-order valence-corrected chi connectivity index (χ3v) is 9.20. The zero-order valence-electron chi connectivity index (χ0n) is 31.1. The molecule has 0 spiro atoms. The Kier molecular flexibility index (Phi) is 42.9. The Labute approximate surface area is 294 Å². The minimum Gasteiger partial charge on any atom is -1.00 e. The van der Waals surface area contributed by atoms with Gasteiger partial charge in [-0.15, -0.1) is 0 Å². The van der Waals surface area contributed by atoms with E-state index in [4.69, 9.17) is 18.9 Å². The maximum Gasteiger partial charge on any atom is 0.101 e. The molecule has 0 saturated heterocycles. The number of hydrogen-bond donors (Lipinski definition) is 2. The molecular weight excluding hydrogens is 607 g/mol. The van der Waals surface area contributed by atoms with Crippen LogP contribution in [-0.4, -0.2) is 92.1 Å². The summed E-state index contributed by atoms with van der Waals surface area (Å²) in [5.41, 5.74) is -0.0615. The molecule has 0 rings (SSSR count). The molecular formula is C37H80Cl2N2O4. The van der Waals surface area contributed by atoms with Gasteiger partial charge in [0.1, 0.15) is 13.1 Å². The first-order chi connectivity index (χ1) is 21.1. The van der Waals surface area contributed by atoms with Crippen molar-refractivity contribution in [3.63, 3.8) is 0 Å². The van der Waals surface area contributed by atoms with Crippen molar-refractivity contribution < 1.29 is 53.6 Å². The van der Waals surface area contributed by atoms with Gasteiger partial charge in [0.05, 0.1) is 59.2 Å². The van der Waals surface area contributed by atoms with Gasteiger partial charge in [-0.1, -0.05) is 90.9 Å². The summed E-state index contributed by atoms with van der Waals surface area (Å²) < 4.78 is 25.1. The van der Waals surface area contributed by atoms with E-state index in [0.717, 1.165) is 98.5 Å². The molecule has 0 fully saturated rings. The van der Waals surface area contributed by atoms with E-state index in [9.17, 15) is 0 Å². The zero-order chi connectivity index (χ0) is 31.7. The van der Waals surface area contributed by atoms with Gasteiger partial charge in [-0.25, -0.2) is 0 Å². The molecule has 0 amide bonds. The Balaban J connectivity index is -0.00000882. The van der Waals surface area contributed by atoms with Crippen LogP contribution in [-0.2, 0) is 18.9 Å². The summed E-state index contributed by atoms with van der Waals surface area (Å²) in [5.74, 6) is 0. The van der Waals surface area contributed by atoms with Crippen LogP contribution in [0.1, 0.15) is 144 Å². The Bertz CT molecular complexity index is 495. The topological polar surface area (TPSA) is 45.8 Å². The Morgan fingerprint density at radius 1 is 0.378 bits per heavy atom. The number of unbranched alkanes of at least 4 members (excludes halogenated alkanes) is 12. The normalized spacial score (nSPS) is 11.7. The fourth-order valence-corrected chi connectivity index (χ4v) is 5.80. The molecule has 0 atom stereocenters. The van der Waals surface area contributed by atoms with Gasteiger partial charge in [0.2, 0.25) is 0 Å². The molecule has 45 heavy (non-hydrogen) atoms. The predicted octanol–water partition coefficient (Wildman–Crippen LogP) is 0.178. The summed E-state index contributed by atoms with van der Waals surface area (Å²) in [4.78, 5) is 3.21. The second-order valence-electron chi connectivity index (χ2n) is 13.0. The SMILES string of the molecule is CCCCCCCCCCOCC(CCCCCCOCCCCC)(COCC[NH+](CC)CC)COCC[NH+](CC)CC.[Cl-].[Cl-]. The maximum absolute atomic E-state index is 6.44. The highest BCUT2D eigenvalue weighted by Crippen LogP contribution is 2.28. The lowest BCUT2D eigenvalue weighted by Gasteiger charge is -2.34. The van der Waals surface area contributed by atoms with Crippen LogP contribution >= 0.6 is 0 Å². The molecule has 2 N–H and O–H groups in total. The van der Waals surface area contributed by atoms with E-state index in [-0.39, 0.29) is 30.2 Å². The third kappa shape index (κ3) is 31.4. The summed E-state index contributed by atoms with van der Waals surface area (Å²) in [6.07, 6.45) is 20.3. The molecule has 276 valence electrons. The minimum atomic E-state index is -0.0615. The average molecular weight is 688 g/mol. The third-order valence-electron chi connectivity index (χ3n) is 9.20. The highest BCUT2D eigenvalue weighted by Gasteiger charge is 2.31. The van der Waals surface area contributed by atoms with Crippen molar-refractivity contribution >= 4 is 0 Å². The fourth-order valence-electron chi connectivity index (χ4n) is 5.80. The molecule has 8 heteroatoms. The van der Waals surface area contributed by atoms with Gasteiger partial charge in [-0.2, -0.15) is 0 Å². The van der Waals surface area contributed by atoms with Gasteiger partial charge < -0.3 is 53.6 Å².